The summed E-state index contributed by atoms with van der Waals surface area (Å²) in [6, 6.07) is 24.1. The largest absolute Gasteiger partial charge is 0.493 e. The molecule has 8 nitrogen and oxygen atoms in total. The number of benzene rings is 3. The quantitative estimate of drug-likeness (QED) is 0.171. The van der Waals surface area contributed by atoms with Crippen LogP contribution in [0.4, 0.5) is 5.69 Å². The van der Waals surface area contributed by atoms with Crippen molar-refractivity contribution < 1.29 is 23.8 Å². The Morgan fingerprint density at radius 1 is 1.12 bits per heavy atom. The van der Waals surface area contributed by atoms with Crippen LogP contribution in [0.3, 0.4) is 0 Å². The van der Waals surface area contributed by atoms with Crippen LogP contribution in [-0.4, -0.2) is 31.3 Å². The molecule has 0 aliphatic carbocycles. The zero-order valence-electron chi connectivity index (χ0n) is 23.7. The first kappa shape index (κ1) is 31.3. The third-order valence-electron chi connectivity index (χ3n) is 6.41. The fourth-order valence-corrected chi connectivity index (χ4v) is 5.54. The van der Waals surface area contributed by atoms with Gasteiger partial charge in [-0.2, -0.15) is 5.26 Å². The van der Waals surface area contributed by atoms with Crippen LogP contribution in [0.1, 0.15) is 24.0 Å². The Kier molecular flexibility index (Phi) is 10.9. The number of carbonyl (C=O) groups is 2. The van der Waals surface area contributed by atoms with Crippen molar-refractivity contribution in [1.82, 2.24) is 5.32 Å². The summed E-state index contributed by atoms with van der Waals surface area (Å²) in [5.41, 5.74) is 3.20. The van der Waals surface area contributed by atoms with Crippen molar-refractivity contribution in [3.8, 4) is 17.6 Å². The monoisotopic (exact) mass is 615 g/mol. The Hall–Kier alpha value is -4.65. The summed E-state index contributed by atoms with van der Waals surface area (Å²) >= 11 is 7.18. The van der Waals surface area contributed by atoms with Gasteiger partial charge in [0, 0.05) is 16.4 Å². The molecular weight excluding hydrogens is 586 g/mol. The van der Waals surface area contributed by atoms with Gasteiger partial charge in [0.25, 0.3) is 0 Å². The average Bonchev–Trinajstić information content (AvgIpc) is 3.01. The number of nitriles is 1. The van der Waals surface area contributed by atoms with Crippen molar-refractivity contribution in [3.63, 3.8) is 0 Å². The van der Waals surface area contributed by atoms with Crippen molar-refractivity contribution in [1.29, 1.82) is 5.26 Å². The van der Waals surface area contributed by atoms with E-state index >= 15 is 0 Å². The lowest BCUT2D eigenvalue weighted by molar-refractivity contribution is -0.138. The fraction of sp³-hybridized carbons (Fsp3) is 0.182. The third kappa shape index (κ3) is 8.01. The number of hydrogen-bond acceptors (Lipinski definition) is 8. The molecule has 2 N–H and O–H groups in total. The van der Waals surface area contributed by atoms with Gasteiger partial charge in [-0.25, -0.2) is 4.79 Å². The second-order valence-corrected chi connectivity index (χ2v) is 10.8. The van der Waals surface area contributed by atoms with E-state index in [1.54, 1.807) is 49.4 Å². The molecule has 43 heavy (non-hydrogen) atoms. The molecule has 3 aromatic rings. The molecule has 3 aromatic carbocycles. The second kappa shape index (κ2) is 15.0. The van der Waals surface area contributed by atoms with Crippen LogP contribution in [0.15, 0.2) is 107 Å². The van der Waals surface area contributed by atoms with E-state index < -0.39 is 11.9 Å². The molecule has 4 rings (SSSR count). The number of esters is 1. The molecule has 1 amide bonds. The molecule has 1 atom stereocenters. The van der Waals surface area contributed by atoms with Crippen LogP contribution >= 0.6 is 23.4 Å². The summed E-state index contributed by atoms with van der Waals surface area (Å²) < 4.78 is 17.1. The number of amides is 1. The predicted molar refractivity (Wildman–Crippen MR) is 169 cm³/mol. The topological polar surface area (TPSA) is 110 Å². The molecule has 0 fully saturated rings. The van der Waals surface area contributed by atoms with Gasteiger partial charge in [0.15, 0.2) is 11.5 Å². The van der Waals surface area contributed by atoms with Gasteiger partial charge in [-0.3, -0.25) is 4.79 Å². The lowest BCUT2D eigenvalue weighted by Crippen LogP contribution is -2.29. The Morgan fingerprint density at radius 2 is 1.91 bits per heavy atom. The summed E-state index contributed by atoms with van der Waals surface area (Å²) in [6.07, 6.45) is 1.47. The first-order chi connectivity index (χ1) is 20.8. The van der Waals surface area contributed by atoms with E-state index in [2.05, 4.69) is 23.3 Å². The minimum atomic E-state index is -0.792. The standard InChI is InChI=1S/C33H30ClN3O5S/c1-4-15-41-33(39)30-21(2)36-32(43-20-29(38)37-25-12-8-11-24(34)17-25)26(18-35)31(30)23-13-14-27(28(16-23)40-3)42-19-22-9-6-5-7-10-22/h4-14,16-17,31,36H,1,15,19-20H2,2-3H3,(H,37,38)/t31-/m0/s1. The number of halogens is 1. The number of rotatable bonds is 12. The molecule has 220 valence electrons. The number of anilines is 1. The molecule has 1 aliphatic heterocycles. The molecule has 0 saturated heterocycles. The minimum absolute atomic E-state index is 0.00581. The van der Waals surface area contributed by atoms with E-state index in [0.717, 1.165) is 17.3 Å². The Balaban J connectivity index is 1.65. The van der Waals surface area contributed by atoms with Crippen molar-refractivity contribution in [2.24, 2.45) is 0 Å². The molecular formula is C33H30ClN3O5S. The maximum atomic E-state index is 13.3. The summed E-state index contributed by atoms with van der Waals surface area (Å²) in [6.45, 7) is 5.69. The zero-order chi connectivity index (χ0) is 30.8. The van der Waals surface area contributed by atoms with Gasteiger partial charge in [-0.1, -0.05) is 78.5 Å². The van der Waals surface area contributed by atoms with Crippen LogP contribution in [0.2, 0.25) is 5.02 Å². The predicted octanol–water partition coefficient (Wildman–Crippen LogP) is 6.72. The molecule has 0 radical (unpaired) electrons. The van der Waals surface area contributed by atoms with Crippen LogP contribution in [0.25, 0.3) is 0 Å². The van der Waals surface area contributed by atoms with Crippen molar-refractivity contribution >= 4 is 40.9 Å². The first-order valence-electron chi connectivity index (χ1n) is 13.3. The second-order valence-electron chi connectivity index (χ2n) is 9.37. The Morgan fingerprint density at radius 3 is 2.60 bits per heavy atom. The van der Waals surface area contributed by atoms with E-state index in [9.17, 15) is 14.9 Å². The maximum Gasteiger partial charge on any atom is 0.337 e. The summed E-state index contributed by atoms with van der Waals surface area (Å²) in [5.74, 6) is -0.708. The van der Waals surface area contributed by atoms with Crippen LogP contribution in [-0.2, 0) is 20.9 Å². The lowest BCUT2D eigenvalue weighted by atomic mass is 9.82. The molecule has 1 aliphatic rings. The van der Waals surface area contributed by atoms with Crippen LogP contribution < -0.4 is 20.1 Å². The highest BCUT2D eigenvalue weighted by Crippen LogP contribution is 2.43. The van der Waals surface area contributed by atoms with Crippen molar-refractivity contribution in [3.05, 3.63) is 123 Å². The number of thioether (sulfide) groups is 1. The number of carbonyl (C=O) groups excluding carboxylic acids is 2. The fourth-order valence-electron chi connectivity index (χ4n) is 4.46. The molecule has 0 unspecified atom stereocenters. The van der Waals surface area contributed by atoms with Gasteiger partial charge in [-0.15, -0.1) is 0 Å². The van der Waals surface area contributed by atoms with E-state index in [1.807, 2.05) is 30.3 Å². The van der Waals surface area contributed by atoms with Gasteiger partial charge < -0.3 is 24.8 Å². The van der Waals surface area contributed by atoms with Crippen LogP contribution in [0, 0.1) is 11.3 Å². The molecule has 0 saturated carbocycles. The average molecular weight is 616 g/mol. The van der Waals surface area contributed by atoms with Gasteiger partial charge in [0.1, 0.15) is 13.2 Å². The number of nitrogens with one attached hydrogen (secondary N) is 2. The van der Waals surface area contributed by atoms with E-state index in [-0.39, 0.29) is 29.4 Å². The smallest absolute Gasteiger partial charge is 0.337 e. The molecule has 0 aromatic heterocycles. The van der Waals surface area contributed by atoms with E-state index in [4.69, 9.17) is 25.8 Å². The molecule has 0 spiro atoms. The van der Waals surface area contributed by atoms with E-state index in [0.29, 0.717) is 45.1 Å². The Labute approximate surface area is 260 Å². The third-order valence-corrected chi connectivity index (χ3v) is 7.67. The minimum Gasteiger partial charge on any atom is -0.493 e. The lowest BCUT2D eigenvalue weighted by Gasteiger charge is -2.29. The summed E-state index contributed by atoms with van der Waals surface area (Å²) in [5, 5.41) is 17.3. The number of allylic oxidation sites excluding steroid dienone is 2. The SMILES string of the molecule is C=CCOC(=O)C1=C(C)NC(SCC(=O)Nc2cccc(Cl)c2)=C(C#N)[C@@H]1c1ccc(OCc2ccccc2)c(OC)c1. The maximum absolute atomic E-state index is 13.3. The number of methoxy groups -OCH3 is 1. The van der Waals surface area contributed by atoms with Crippen molar-refractivity contribution in [2.75, 3.05) is 24.8 Å². The van der Waals surface area contributed by atoms with Gasteiger partial charge in [0.05, 0.1) is 41.0 Å². The number of hydrogen-bond donors (Lipinski definition) is 2. The number of ether oxygens (including phenoxy) is 3. The highest BCUT2D eigenvalue weighted by molar-refractivity contribution is 8.03. The molecule has 0 bridgehead atoms. The zero-order valence-corrected chi connectivity index (χ0v) is 25.3. The first-order valence-corrected chi connectivity index (χ1v) is 14.6. The highest BCUT2D eigenvalue weighted by Gasteiger charge is 2.36. The van der Waals surface area contributed by atoms with Gasteiger partial charge >= 0.3 is 5.97 Å². The molecule has 10 heteroatoms. The summed E-state index contributed by atoms with van der Waals surface area (Å²) in [4.78, 5) is 26.0. The highest BCUT2D eigenvalue weighted by atomic mass is 35.5. The Bertz CT molecular complexity index is 1610. The van der Waals surface area contributed by atoms with Gasteiger partial charge in [-0.05, 0) is 48.4 Å². The number of dihydropyridines is 1. The van der Waals surface area contributed by atoms with Crippen LogP contribution in [0.5, 0.6) is 11.5 Å². The van der Waals surface area contributed by atoms with Crippen molar-refractivity contribution in [2.45, 2.75) is 19.4 Å². The number of nitrogens with zero attached hydrogens (tertiary/aromatic N) is 1. The van der Waals surface area contributed by atoms with Gasteiger partial charge in [0.2, 0.25) is 5.91 Å². The molecule has 1 heterocycles. The normalized spacial score (nSPS) is 14.3. The summed E-state index contributed by atoms with van der Waals surface area (Å²) in [7, 11) is 1.53. The van der Waals surface area contributed by atoms with E-state index in [1.165, 1.54) is 13.2 Å².